The third kappa shape index (κ3) is 3.28. The Morgan fingerprint density at radius 1 is 1.14 bits per heavy atom. The molecule has 1 saturated carbocycles. The zero-order valence-electron chi connectivity index (χ0n) is 12.8. The van der Waals surface area contributed by atoms with Crippen LogP contribution >= 0.6 is 12.2 Å². The molecule has 2 N–H and O–H groups in total. The van der Waals surface area contributed by atoms with Gasteiger partial charge < -0.3 is 10.6 Å². The lowest BCUT2D eigenvalue weighted by Gasteiger charge is -2.32. The van der Waals surface area contributed by atoms with Crippen LogP contribution in [0.1, 0.15) is 36.8 Å². The number of hydrogen-bond donors (Lipinski definition) is 2. The summed E-state index contributed by atoms with van der Waals surface area (Å²) in [7, 11) is 0. The van der Waals surface area contributed by atoms with Gasteiger partial charge >= 0.3 is 0 Å². The van der Waals surface area contributed by atoms with Gasteiger partial charge in [0.1, 0.15) is 0 Å². The molecule has 1 aromatic heterocycles. The summed E-state index contributed by atoms with van der Waals surface area (Å²) in [5, 5.41) is 7.56. The van der Waals surface area contributed by atoms with Crippen LogP contribution in [0.25, 0.3) is 0 Å². The summed E-state index contributed by atoms with van der Waals surface area (Å²) in [6.45, 7) is 2.08. The summed E-state index contributed by atoms with van der Waals surface area (Å²) in [6.07, 6.45) is 8.37. The molecule has 2 aromatic rings. The molecule has 1 aromatic carbocycles. The van der Waals surface area contributed by atoms with Crippen LogP contribution in [0.3, 0.4) is 0 Å². The predicted octanol–water partition coefficient (Wildman–Crippen LogP) is 4.15. The first-order chi connectivity index (χ1) is 10.7. The molecule has 3 rings (SSSR count). The molecule has 0 spiro atoms. The van der Waals surface area contributed by atoms with E-state index in [0.717, 1.165) is 18.5 Å². The lowest BCUT2D eigenvalue weighted by atomic mass is 9.89. The number of nitrogens with one attached hydrogen (secondary N) is 2. The highest BCUT2D eigenvalue weighted by Crippen LogP contribution is 2.38. The van der Waals surface area contributed by atoms with Crippen LogP contribution < -0.4 is 10.6 Å². The molecular formula is C18H21N3S. The molecule has 1 fully saturated rings. The molecule has 114 valence electrons. The molecule has 0 saturated heterocycles. The SMILES string of the molecule is Cc1cccc(NC(=S)NC2(c3ccncc3)CCCC2)c1. The van der Waals surface area contributed by atoms with E-state index in [1.807, 2.05) is 24.5 Å². The van der Waals surface area contributed by atoms with E-state index in [4.69, 9.17) is 12.2 Å². The first-order valence-corrected chi connectivity index (χ1v) is 8.15. The molecule has 1 heterocycles. The van der Waals surface area contributed by atoms with Crippen molar-refractivity contribution in [2.24, 2.45) is 0 Å². The van der Waals surface area contributed by atoms with E-state index < -0.39 is 0 Å². The summed E-state index contributed by atoms with van der Waals surface area (Å²) < 4.78 is 0. The fourth-order valence-corrected chi connectivity index (χ4v) is 3.55. The monoisotopic (exact) mass is 311 g/mol. The number of aryl methyl sites for hydroxylation is 1. The van der Waals surface area contributed by atoms with Crippen LogP contribution in [0, 0.1) is 6.92 Å². The van der Waals surface area contributed by atoms with Crippen molar-refractivity contribution >= 4 is 23.0 Å². The van der Waals surface area contributed by atoms with Crippen molar-refractivity contribution in [2.75, 3.05) is 5.32 Å². The molecule has 4 heteroatoms. The normalized spacial score (nSPS) is 16.2. The van der Waals surface area contributed by atoms with E-state index >= 15 is 0 Å². The zero-order valence-corrected chi connectivity index (χ0v) is 13.6. The van der Waals surface area contributed by atoms with Crippen LogP contribution in [0.4, 0.5) is 5.69 Å². The van der Waals surface area contributed by atoms with Gasteiger partial charge in [-0.3, -0.25) is 4.98 Å². The Morgan fingerprint density at radius 3 is 2.55 bits per heavy atom. The van der Waals surface area contributed by atoms with E-state index in [-0.39, 0.29) is 5.54 Å². The van der Waals surface area contributed by atoms with Crippen molar-refractivity contribution in [3.05, 3.63) is 59.9 Å². The molecule has 3 nitrogen and oxygen atoms in total. The van der Waals surface area contributed by atoms with Gasteiger partial charge in [0, 0.05) is 18.1 Å². The summed E-state index contributed by atoms with van der Waals surface area (Å²) >= 11 is 5.55. The third-order valence-electron chi connectivity index (χ3n) is 4.32. The fourth-order valence-electron chi connectivity index (χ4n) is 3.24. The summed E-state index contributed by atoms with van der Waals surface area (Å²) in [4.78, 5) is 4.13. The maximum atomic E-state index is 5.55. The van der Waals surface area contributed by atoms with Gasteiger partial charge in [-0.15, -0.1) is 0 Å². The first-order valence-electron chi connectivity index (χ1n) is 7.74. The van der Waals surface area contributed by atoms with Crippen molar-refractivity contribution in [3.63, 3.8) is 0 Å². The van der Waals surface area contributed by atoms with Crippen LogP contribution in [-0.2, 0) is 5.54 Å². The summed E-state index contributed by atoms with van der Waals surface area (Å²) in [5.74, 6) is 0. The Kier molecular flexibility index (Phi) is 4.39. The highest BCUT2D eigenvalue weighted by molar-refractivity contribution is 7.80. The molecule has 0 atom stereocenters. The Labute approximate surface area is 137 Å². The number of benzene rings is 1. The van der Waals surface area contributed by atoms with Gasteiger partial charge in [-0.25, -0.2) is 0 Å². The minimum Gasteiger partial charge on any atom is -0.353 e. The Morgan fingerprint density at radius 2 is 1.86 bits per heavy atom. The number of thiocarbonyl (C=S) groups is 1. The Hall–Kier alpha value is -1.94. The van der Waals surface area contributed by atoms with Crippen molar-refractivity contribution in [3.8, 4) is 0 Å². The largest absolute Gasteiger partial charge is 0.353 e. The molecule has 0 amide bonds. The van der Waals surface area contributed by atoms with Crippen LogP contribution in [0.5, 0.6) is 0 Å². The lowest BCUT2D eigenvalue weighted by Crippen LogP contribution is -2.45. The summed E-state index contributed by atoms with van der Waals surface area (Å²) in [5.41, 5.74) is 3.46. The predicted molar refractivity (Wildman–Crippen MR) is 94.9 cm³/mol. The number of nitrogens with zero attached hydrogens (tertiary/aromatic N) is 1. The zero-order chi connectivity index (χ0) is 15.4. The highest BCUT2D eigenvalue weighted by atomic mass is 32.1. The van der Waals surface area contributed by atoms with Crippen LogP contribution in [0.15, 0.2) is 48.8 Å². The molecule has 0 radical (unpaired) electrons. The molecule has 0 aliphatic heterocycles. The fraction of sp³-hybridized carbons (Fsp3) is 0.333. The third-order valence-corrected chi connectivity index (χ3v) is 4.52. The van der Waals surface area contributed by atoms with E-state index in [1.54, 1.807) is 0 Å². The van der Waals surface area contributed by atoms with Crippen LogP contribution in [-0.4, -0.2) is 10.1 Å². The molecule has 0 unspecified atom stereocenters. The van der Waals surface area contributed by atoms with Crippen LogP contribution in [0.2, 0.25) is 0 Å². The molecular weight excluding hydrogens is 290 g/mol. The topological polar surface area (TPSA) is 37.0 Å². The minimum atomic E-state index is -0.0587. The second-order valence-corrected chi connectivity index (χ2v) is 6.38. The summed E-state index contributed by atoms with van der Waals surface area (Å²) in [6, 6.07) is 12.4. The van der Waals surface area contributed by atoms with E-state index in [9.17, 15) is 0 Å². The highest BCUT2D eigenvalue weighted by Gasteiger charge is 2.36. The maximum Gasteiger partial charge on any atom is 0.171 e. The standard InChI is InChI=1S/C18H21N3S/c1-14-5-4-6-16(13-14)20-17(22)21-18(9-2-3-10-18)15-7-11-19-12-8-15/h4-8,11-13H,2-3,9-10H2,1H3,(H2,20,21,22). The number of aromatic nitrogens is 1. The van der Waals surface area contributed by atoms with Gasteiger partial charge in [-0.2, -0.15) is 0 Å². The van der Waals surface area contributed by atoms with Crippen molar-refractivity contribution in [2.45, 2.75) is 38.1 Å². The van der Waals surface area contributed by atoms with Gasteiger partial charge in [0.25, 0.3) is 0 Å². The van der Waals surface area contributed by atoms with E-state index in [2.05, 4.69) is 46.8 Å². The number of rotatable bonds is 3. The van der Waals surface area contributed by atoms with Crippen molar-refractivity contribution in [1.82, 2.24) is 10.3 Å². The number of anilines is 1. The average molecular weight is 311 g/mol. The molecule has 22 heavy (non-hydrogen) atoms. The van der Waals surface area contributed by atoms with Gasteiger partial charge in [0.05, 0.1) is 5.54 Å². The van der Waals surface area contributed by atoms with Crippen molar-refractivity contribution < 1.29 is 0 Å². The first kappa shape index (κ1) is 15.0. The Bertz CT molecular complexity index is 648. The minimum absolute atomic E-state index is 0.0587. The van der Waals surface area contributed by atoms with Crippen molar-refractivity contribution in [1.29, 1.82) is 0 Å². The quantitative estimate of drug-likeness (QED) is 0.835. The molecule has 1 aliphatic rings. The number of hydrogen-bond acceptors (Lipinski definition) is 2. The van der Waals surface area contributed by atoms with Gasteiger partial charge in [-0.1, -0.05) is 25.0 Å². The van der Waals surface area contributed by atoms with Gasteiger partial charge in [-0.05, 0) is 67.4 Å². The average Bonchev–Trinajstić information content (AvgIpc) is 2.98. The molecule has 1 aliphatic carbocycles. The second-order valence-electron chi connectivity index (χ2n) is 5.97. The van der Waals surface area contributed by atoms with E-state index in [0.29, 0.717) is 5.11 Å². The van der Waals surface area contributed by atoms with E-state index in [1.165, 1.54) is 24.0 Å². The smallest absolute Gasteiger partial charge is 0.171 e. The molecule has 0 bridgehead atoms. The maximum absolute atomic E-state index is 5.55. The van der Waals surface area contributed by atoms with Gasteiger partial charge in [0.2, 0.25) is 0 Å². The number of pyridine rings is 1. The lowest BCUT2D eigenvalue weighted by molar-refractivity contribution is 0.408. The van der Waals surface area contributed by atoms with Gasteiger partial charge in [0.15, 0.2) is 5.11 Å². The Balaban J connectivity index is 1.76. The second kappa shape index (κ2) is 6.44.